The quantitative estimate of drug-likeness (QED) is 0.878. The van der Waals surface area contributed by atoms with Crippen LogP contribution in [0.4, 0.5) is 5.69 Å². The Morgan fingerprint density at radius 1 is 1.28 bits per heavy atom. The molecule has 1 aromatic carbocycles. The Hall–Kier alpha value is -1.84. The first-order valence-corrected chi connectivity index (χ1v) is 6.39. The van der Waals surface area contributed by atoms with E-state index in [9.17, 15) is 0 Å². The number of para-hydroxylation sites is 1. The molecule has 0 fully saturated rings. The average molecular weight is 244 g/mol. The van der Waals surface area contributed by atoms with Gasteiger partial charge in [-0.25, -0.2) is 4.98 Å². The highest BCUT2D eigenvalue weighted by molar-refractivity contribution is 5.50. The van der Waals surface area contributed by atoms with Gasteiger partial charge in [0, 0.05) is 32.1 Å². The maximum Gasteiger partial charge on any atom is 0.150 e. The van der Waals surface area contributed by atoms with Crippen molar-refractivity contribution in [1.82, 2.24) is 14.8 Å². The SMILES string of the molecule is CCc1nc(CCNc2ccccc2C)n(C)n1. The van der Waals surface area contributed by atoms with Gasteiger partial charge in [0.1, 0.15) is 5.82 Å². The summed E-state index contributed by atoms with van der Waals surface area (Å²) in [5.41, 5.74) is 2.46. The number of nitrogens with one attached hydrogen (secondary N) is 1. The van der Waals surface area contributed by atoms with Crippen LogP contribution in [0.2, 0.25) is 0 Å². The first-order valence-electron chi connectivity index (χ1n) is 6.39. The van der Waals surface area contributed by atoms with Gasteiger partial charge in [-0.2, -0.15) is 5.10 Å². The van der Waals surface area contributed by atoms with Crippen molar-refractivity contribution in [2.45, 2.75) is 26.7 Å². The predicted octanol–water partition coefficient (Wildman–Crippen LogP) is 2.34. The van der Waals surface area contributed by atoms with Gasteiger partial charge in [-0.05, 0) is 18.6 Å². The second-order valence-corrected chi connectivity index (χ2v) is 4.41. The van der Waals surface area contributed by atoms with Crippen molar-refractivity contribution in [3.05, 3.63) is 41.5 Å². The lowest BCUT2D eigenvalue weighted by atomic mass is 10.2. The summed E-state index contributed by atoms with van der Waals surface area (Å²) in [4.78, 5) is 4.49. The highest BCUT2D eigenvalue weighted by Gasteiger charge is 2.05. The second-order valence-electron chi connectivity index (χ2n) is 4.41. The van der Waals surface area contributed by atoms with Gasteiger partial charge >= 0.3 is 0 Å². The zero-order valence-corrected chi connectivity index (χ0v) is 11.3. The average Bonchev–Trinajstić information content (AvgIpc) is 2.73. The molecule has 1 aromatic heterocycles. The number of nitrogens with zero attached hydrogens (tertiary/aromatic N) is 3. The smallest absolute Gasteiger partial charge is 0.150 e. The molecule has 0 saturated heterocycles. The maximum absolute atomic E-state index is 4.49. The van der Waals surface area contributed by atoms with Crippen LogP contribution in [0.25, 0.3) is 0 Å². The van der Waals surface area contributed by atoms with Crippen LogP contribution in [-0.4, -0.2) is 21.3 Å². The Labute approximate surface area is 108 Å². The summed E-state index contributed by atoms with van der Waals surface area (Å²) in [6.07, 6.45) is 1.77. The third-order valence-electron chi connectivity index (χ3n) is 3.02. The Morgan fingerprint density at radius 3 is 2.72 bits per heavy atom. The van der Waals surface area contributed by atoms with Gasteiger partial charge in [-0.15, -0.1) is 0 Å². The molecule has 0 aliphatic heterocycles. The molecule has 0 radical (unpaired) electrons. The Kier molecular flexibility index (Phi) is 3.97. The third kappa shape index (κ3) is 2.88. The van der Waals surface area contributed by atoms with Crippen LogP contribution >= 0.6 is 0 Å². The molecular formula is C14H20N4. The van der Waals surface area contributed by atoms with Crippen LogP contribution in [-0.2, 0) is 19.9 Å². The van der Waals surface area contributed by atoms with Crippen LogP contribution in [0.5, 0.6) is 0 Å². The summed E-state index contributed by atoms with van der Waals surface area (Å²) < 4.78 is 1.87. The molecule has 1 heterocycles. The molecule has 0 aliphatic rings. The van der Waals surface area contributed by atoms with E-state index in [-0.39, 0.29) is 0 Å². The van der Waals surface area contributed by atoms with Crippen molar-refractivity contribution in [3.8, 4) is 0 Å². The fraction of sp³-hybridized carbons (Fsp3) is 0.429. The first-order chi connectivity index (χ1) is 8.70. The van der Waals surface area contributed by atoms with Gasteiger partial charge < -0.3 is 5.32 Å². The zero-order valence-electron chi connectivity index (χ0n) is 11.3. The molecule has 0 spiro atoms. The molecule has 4 heteroatoms. The van der Waals surface area contributed by atoms with Crippen LogP contribution in [0.1, 0.15) is 24.1 Å². The minimum atomic E-state index is 0.876. The van der Waals surface area contributed by atoms with Crippen molar-refractivity contribution in [1.29, 1.82) is 0 Å². The van der Waals surface area contributed by atoms with E-state index in [4.69, 9.17) is 0 Å². The summed E-state index contributed by atoms with van der Waals surface area (Å²) in [7, 11) is 1.95. The van der Waals surface area contributed by atoms with Crippen LogP contribution in [0.15, 0.2) is 24.3 Å². The molecule has 0 unspecified atom stereocenters. The molecule has 2 rings (SSSR count). The number of anilines is 1. The number of aromatic nitrogens is 3. The molecule has 2 aromatic rings. The minimum Gasteiger partial charge on any atom is -0.384 e. The summed E-state index contributed by atoms with van der Waals surface area (Å²) in [6.45, 7) is 5.06. The number of benzene rings is 1. The van der Waals surface area contributed by atoms with Gasteiger partial charge in [0.2, 0.25) is 0 Å². The van der Waals surface area contributed by atoms with Gasteiger partial charge in [-0.1, -0.05) is 25.1 Å². The van der Waals surface area contributed by atoms with Crippen LogP contribution in [0, 0.1) is 6.92 Å². The van der Waals surface area contributed by atoms with E-state index in [0.29, 0.717) is 0 Å². The van der Waals surface area contributed by atoms with Crippen molar-refractivity contribution < 1.29 is 0 Å². The standard InChI is InChI=1S/C14H20N4/c1-4-13-16-14(18(3)17-13)9-10-15-12-8-6-5-7-11(12)2/h5-8,15H,4,9-10H2,1-3H3. The lowest BCUT2D eigenvalue weighted by Crippen LogP contribution is -2.09. The van der Waals surface area contributed by atoms with E-state index in [1.54, 1.807) is 0 Å². The zero-order chi connectivity index (χ0) is 13.0. The van der Waals surface area contributed by atoms with Gasteiger partial charge in [-0.3, -0.25) is 4.68 Å². The maximum atomic E-state index is 4.49. The van der Waals surface area contributed by atoms with E-state index in [2.05, 4.69) is 47.4 Å². The van der Waals surface area contributed by atoms with Crippen molar-refractivity contribution in [2.24, 2.45) is 7.05 Å². The second kappa shape index (κ2) is 5.67. The van der Waals surface area contributed by atoms with E-state index in [1.165, 1.54) is 11.3 Å². The molecule has 0 aliphatic carbocycles. The lowest BCUT2D eigenvalue weighted by Gasteiger charge is -2.08. The number of hydrogen-bond acceptors (Lipinski definition) is 3. The Bertz CT molecular complexity index is 516. The van der Waals surface area contributed by atoms with Crippen LogP contribution < -0.4 is 5.32 Å². The van der Waals surface area contributed by atoms with Gasteiger partial charge in [0.15, 0.2) is 5.82 Å². The van der Waals surface area contributed by atoms with E-state index < -0.39 is 0 Å². The molecule has 0 amide bonds. The fourth-order valence-electron chi connectivity index (χ4n) is 1.92. The van der Waals surface area contributed by atoms with Crippen molar-refractivity contribution >= 4 is 5.69 Å². The number of rotatable bonds is 5. The van der Waals surface area contributed by atoms with E-state index in [1.807, 2.05) is 17.8 Å². The normalized spacial score (nSPS) is 10.6. The monoisotopic (exact) mass is 244 g/mol. The highest BCUT2D eigenvalue weighted by atomic mass is 15.3. The topological polar surface area (TPSA) is 42.7 Å². The summed E-state index contributed by atoms with van der Waals surface area (Å²) in [5.74, 6) is 1.95. The first kappa shape index (κ1) is 12.6. The highest BCUT2D eigenvalue weighted by Crippen LogP contribution is 2.12. The van der Waals surface area contributed by atoms with Crippen LogP contribution in [0.3, 0.4) is 0 Å². The number of hydrogen-bond donors (Lipinski definition) is 1. The Morgan fingerprint density at radius 2 is 2.06 bits per heavy atom. The lowest BCUT2D eigenvalue weighted by molar-refractivity contribution is 0.694. The molecule has 4 nitrogen and oxygen atoms in total. The van der Waals surface area contributed by atoms with Crippen molar-refractivity contribution in [3.63, 3.8) is 0 Å². The predicted molar refractivity (Wildman–Crippen MR) is 73.8 cm³/mol. The molecule has 96 valence electrons. The van der Waals surface area contributed by atoms with E-state index in [0.717, 1.165) is 31.0 Å². The van der Waals surface area contributed by atoms with Gasteiger partial charge in [0.05, 0.1) is 0 Å². The molecule has 0 bridgehead atoms. The number of aryl methyl sites for hydroxylation is 3. The molecule has 18 heavy (non-hydrogen) atoms. The summed E-state index contributed by atoms with van der Waals surface area (Å²) in [6, 6.07) is 8.31. The fourth-order valence-corrected chi connectivity index (χ4v) is 1.92. The molecule has 0 atom stereocenters. The largest absolute Gasteiger partial charge is 0.384 e. The molecule has 1 N–H and O–H groups in total. The third-order valence-corrected chi connectivity index (χ3v) is 3.02. The molecular weight excluding hydrogens is 224 g/mol. The Balaban J connectivity index is 1.92. The van der Waals surface area contributed by atoms with E-state index >= 15 is 0 Å². The summed E-state index contributed by atoms with van der Waals surface area (Å²) in [5, 5.41) is 7.78. The minimum absolute atomic E-state index is 0.876. The molecule has 0 saturated carbocycles. The summed E-state index contributed by atoms with van der Waals surface area (Å²) >= 11 is 0. The van der Waals surface area contributed by atoms with Crippen molar-refractivity contribution in [2.75, 3.05) is 11.9 Å². The van der Waals surface area contributed by atoms with Gasteiger partial charge in [0.25, 0.3) is 0 Å².